The molecule has 5 heteroatoms. The minimum absolute atomic E-state index is 0.483. The highest BCUT2D eigenvalue weighted by Crippen LogP contribution is 2.63. The molecular formula is C46H28N4S. The van der Waals surface area contributed by atoms with Gasteiger partial charge in [0.25, 0.3) is 0 Å². The van der Waals surface area contributed by atoms with E-state index in [0.29, 0.717) is 17.6 Å². The Morgan fingerprint density at radius 3 is 1.65 bits per heavy atom. The van der Waals surface area contributed by atoms with Crippen molar-refractivity contribution in [3.63, 3.8) is 0 Å². The Kier molecular flexibility index (Phi) is 6.07. The van der Waals surface area contributed by atoms with E-state index in [0.717, 1.165) is 22.2 Å². The molecule has 9 aromatic rings. The number of para-hydroxylation sites is 1. The van der Waals surface area contributed by atoms with Gasteiger partial charge in [0.2, 0.25) is 5.95 Å². The number of aromatic nitrogens is 4. The molecule has 238 valence electrons. The van der Waals surface area contributed by atoms with Gasteiger partial charge in [-0.3, -0.25) is 4.57 Å². The topological polar surface area (TPSA) is 43.6 Å². The first-order chi connectivity index (χ1) is 25.3. The molecule has 1 aliphatic carbocycles. The molecule has 0 radical (unpaired) electrons. The summed E-state index contributed by atoms with van der Waals surface area (Å²) in [5.41, 5.74) is 11.4. The van der Waals surface area contributed by atoms with Gasteiger partial charge in [-0.05, 0) is 45.5 Å². The maximum absolute atomic E-state index is 5.26. The Bertz CT molecular complexity index is 2740. The van der Waals surface area contributed by atoms with Crippen molar-refractivity contribution < 1.29 is 0 Å². The Morgan fingerprint density at radius 2 is 0.980 bits per heavy atom. The van der Waals surface area contributed by atoms with Crippen molar-refractivity contribution in [2.75, 3.05) is 0 Å². The first-order valence-corrected chi connectivity index (χ1v) is 18.0. The summed E-state index contributed by atoms with van der Waals surface area (Å²) in [6.07, 6.45) is 0. The molecule has 0 bridgehead atoms. The lowest BCUT2D eigenvalue weighted by Crippen LogP contribution is -2.32. The number of benzene rings is 7. The van der Waals surface area contributed by atoms with E-state index in [-0.39, 0.29) is 0 Å². The van der Waals surface area contributed by atoms with Crippen LogP contribution in [0.3, 0.4) is 0 Å². The van der Waals surface area contributed by atoms with Crippen LogP contribution in [0, 0.1) is 0 Å². The van der Waals surface area contributed by atoms with Gasteiger partial charge in [0.15, 0.2) is 11.6 Å². The summed E-state index contributed by atoms with van der Waals surface area (Å²) < 4.78 is 2.28. The second-order valence-corrected chi connectivity index (χ2v) is 14.2. The lowest BCUT2D eigenvalue weighted by molar-refractivity contribution is 0.724. The zero-order valence-electron chi connectivity index (χ0n) is 27.4. The van der Waals surface area contributed by atoms with Gasteiger partial charge in [0.1, 0.15) is 0 Å². The van der Waals surface area contributed by atoms with Crippen molar-refractivity contribution in [1.29, 1.82) is 0 Å². The van der Waals surface area contributed by atoms with E-state index >= 15 is 0 Å². The van der Waals surface area contributed by atoms with Crippen LogP contribution in [0.2, 0.25) is 0 Å². The van der Waals surface area contributed by atoms with Crippen molar-refractivity contribution in [3.8, 4) is 39.9 Å². The van der Waals surface area contributed by atoms with E-state index in [1.807, 2.05) is 48.2 Å². The summed E-state index contributed by atoms with van der Waals surface area (Å²) in [6, 6.07) is 60.6. The Balaban J connectivity index is 1.29. The molecular weight excluding hydrogens is 641 g/mol. The molecule has 4 nitrogen and oxygen atoms in total. The van der Waals surface area contributed by atoms with Crippen LogP contribution >= 0.6 is 11.8 Å². The highest BCUT2D eigenvalue weighted by Gasteiger charge is 2.50. The van der Waals surface area contributed by atoms with Gasteiger partial charge in [-0.2, -0.15) is 9.97 Å². The van der Waals surface area contributed by atoms with Gasteiger partial charge in [-0.25, -0.2) is 4.98 Å². The van der Waals surface area contributed by atoms with Gasteiger partial charge >= 0.3 is 0 Å². The molecule has 0 N–H and O–H groups in total. The molecule has 0 amide bonds. The zero-order chi connectivity index (χ0) is 33.5. The van der Waals surface area contributed by atoms with E-state index in [9.17, 15) is 0 Å². The van der Waals surface area contributed by atoms with Crippen molar-refractivity contribution in [3.05, 3.63) is 192 Å². The van der Waals surface area contributed by atoms with Crippen LogP contribution in [0.25, 0.3) is 61.7 Å². The van der Waals surface area contributed by atoms with Gasteiger partial charge in [-0.1, -0.05) is 169 Å². The summed E-state index contributed by atoms with van der Waals surface area (Å²) in [6.45, 7) is 0. The van der Waals surface area contributed by atoms with Crippen LogP contribution in [0.15, 0.2) is 180 Å². The van der Waals surface area contributed by atoms with E-state index in [4.69, 9.17) is 15.0 Å². The number of fused-ring (bicyclic) bond motifs is 13. The third kappa shape index (κ3) is 3.95. The van der Waals surface area contributed by atoms with E-state index in [1.54, 1.807) is 0 Å². The largest absolute Gasteiger partial charge is 0.277 e. The SMILES string of the molecule is c1ccc(-c2nc(-c3ccccc3)nc(-n3c4ccccc4c4ccc5c(c43)Sc3ccccc3C53c4ccccc4-c4ccccc43)n2)cc1. The molecule has 7 aromatic carbocycles. The molecule has 0 unspecified atom stereocenters. The van der Waals surface area contributed by atoms with Crippen molar-refractivity contribution in [2.24, 2.45) is 0 Å². The Morgan fingerprint density at radius 1 is 0.431 bits per heavy atom. The van der Waals surface area contributed by atoms with Gasteiger partial charge in [-0.15, -0.1) is 0 Å². The van der Waals surface area contributed by atoms with E-state index < -0.39 is 5.41 Å². The minimum atomic E-state index is -0.483. The molecule has 1 spiro atoms. The summed E-state index contributed by atoms with van der Waals surface area (Å²) in [5, 5.41) is 2.34. The molecule has 0 saturated carbocycles. The molecule has 0 fully saturated rings. The molecule has 1 aliphatic heterocycles. The predicted octanol–water partition coefficient (Wildman–Crippen LogP) is 11.1. The minimum Gasteiger partial charge on any atom is -0.277 e. The monoisotopic (exact) mass is 668 g/mol. The second-order valence-electron chi connectivity index (χ2n) is 13.1. The summed E-state index contributed by atoms with van der Waals surface area (Å²) in [7, 11) is 0. The lowest BCUT2D eigenvalue weighted by atomic mass is 9.67. The van der Waals surface area contributed by atoms with Crippen LogP contribution in [-0.2, 0) is 5.41 Å². The molecule has 0 saturated heterocycles. The van der Waals surface area contributed by atoms with E-state index in [1.165, 1.54) is 53.9 Å². The molecule has 2 aromatic heterocycles. The van der Waals surface area contributed by atoms with Crippen LogP contribution in [-0.4, -0.2) is 19.5 Å². The number of nitrogens with zero attached hydrogens (tertiary/aromatic N) is 4. The fraction of sp³-hybridized carbons (Fsp3) is 0.0217. The van der Waals surface area contributed by atoms with Crippen molar-refractivity contribution in [2.45, 2.75) is 15.2 Å². The van der Waals surface area contributed by atoms with Crippen LogP contribution < -0.4 is 0 Å². The summed E-state index contributed by atoms with van der Waals surface area (Å²) >= 11 is 1.86. The van der Waals surface area contributed by atoms with Crippen LogP contribution in [0.4, 0.5) is 0 Å². The Labute approximate surface area is 299 Å². The molecule has 2 aliphatic rings. The fourth-order valence-electron chi connectivity index (χ4n) is 8.47. The average Bonchev–Trinajstić information content (AvgIpc) is 3.70. The van der Waals surface area contributed by atoms with Crippen molar-refractivity contribution in [1.82, 2.24) is 19.5 Å². The number of hydrogen-bond acceptors (Lipinski definition) is 4. The smallest absolute Gasteiger partial charge is 0.238 e. The number of hydrogen-bond donors (Lipinski definition) is 0. The molecule has 11 rings (SSSR count). The van der Waals surface area contributed by atoms with Crippen molar-refractivity contribution >= 4 is 33.6 Å². The van der Waals surface area contributed by atoms with Gasteiger partial charge in [0, 0.05) is 31.7 Å². The average molecular weight is 669 g/mol. The van der Waals surface area contributed by atoms with Crippen LogP contribution in [0.1, 0.15) is 22.3 Å². The second kappa shape index (κ2) is 10.8. The standard InChI is InChI=1S/C46H28N4S/c1-3-15-29(16-4-1)43-47-44(30-17-5-2-6-18-30)49-45(48-43)50-39-25-13-9-21-33(39)34-27-28-38-42(41(34)50)51-40-26-14-12-24-37(40)46(38)35-22-10-7-19-31(35)32-20-8-11-23-36(32)46/h1-28H. The molecule has 3 heterocycles. The molecule has 0 atom stereocenters. The summed E-state index contributed by atoms with van der Waals surface area (Å²) in [4.78, 5) is 18.0. The van der Waals surface area contributed by atoms with Crippen LogP contribution in [0.5, 0.6) is 0 Å². The first-order valence-electron chi connectivity index (χ1n) is 17.2. The van der Waals surface area contributed by atoms with E-state index in [2.05, 4.69) is 138 Å². The zero-order valence-corrected chi connectivity index (χ0v) is 28.2. The molecule has 51 heavy (non-hydrogen) atoms. The third-order valence-electron chi connectivity index (χ3n) is 10.5. The van der Waals surface area contributed by atoms with Gasteiger partial charge in [0.05, 0.1) is 16.4 Å². The Hall–Kier alpha value is -6.30. The first kappa shape index (κ1) is 28.5. The normalized spacial score (nSPS) is 13.6. The predicted molar refractivity (Wildman–Crippen MR) is 206 cm³/mol. The highest BCUT2D eigenvalue weighted by molar-refractivity contribution is 7.99. The quantitative estimate of drug-likeness (QED) is 0.188. The fourth-order valence-corrected chi connectivity index (χ4v) is 9.79. The maximum atomic E-state index is 5.26. The van der Waals surface area contributed by atoms with Gasteiger partial charge < -0.3 is 0 Å². The highest BCUT2D eigenvalue weighted by atomic mass is 32.2. The lowest BCUT2D eigenvalue weighted by Gasteiger charge is -2.40. The number of rotatable bonds is 3. The maximum Gasteiger partial charge on any atom is 0.238 e. The third-order valence-corrected chi connectivity index (χ3v) is 11.7. The summed E-state index contributed by atoms with van der Waals surface area (Å²) in [5.74, 6) is 1.88.